The van der Waals surface area contributed by atoms with Crippen molar-refractivity contribution in [2.75, 3.05) is 40.0 Å². The summed E-state index contributed by atoms with van der Waals surface area (Å²) in [6.45, 7) is 2.20. The van der Waals surface area contributed by atoms with Gasteiger partial charge in [-0.2, -0.15) is 0 Å². The maximum absolute atomic E-state index is 12.2. The Morgan fingerprint density at radius 2 is 2.04 bits per heavy atom. The minimum Gasteiger partial charge on any atom is -0.382 e. The summed E-state index contributed by atoms with van der Waals surface area (Å²) in [6, 6.07) is 6.93. The van der Waals surface area contributed by atoms with Gasteiger partial charge in [0, 0.05) is 36.8 Å². The molecule has 0 spiro atoms. The van der Waals surface area contributed by atoms with Gasteiger partial charge in [-0.1, -0.05) is 17.7 Å². The third-order valence-electron chi connectivity index (χ3n) is 3.93. The first kappa shape index (κ1) is 18.7. The number of benzene rings is 1. The molecule has 6 nitrogen and oxygen atoms in total. The molecule has 0 bridgehead atoms. The zero-order valence-electron chi connectivity index (χ0n) is 13.8. The van der Waals surface area contributed by atoms with Crippen LogP contribution in [0.4, 0.5) is 0 Å². The van der Waals surface area contributed by atoms with Crippen LogP contribution in [0.1, 0.15) is 23.2 Å². The number of methoxy groups -OCH3 is 1. The van der Waals surface area contributed by atoms with Gasteiger partial charge in [0.2, 0.25) is 5.91 Å². The summed E-state index contributed by atoms with van der Waals surface area (Å²) < 4.78 is 10.1. The quantitative estimate of drug-likeness (QED) is 0.757. The van der Waals surface area contributed by atoms with E-state index >= 15 is 0 Å². The summed E-state index contributed by atoms with van der Waals surface area (Å²) in [5, 5.41) is 3.54. The molecule has 0 saturated carbocycles. The lowest BCUT2D eigenvalue weighted by Gasteiger charge is -2.32. The van der Waals surface area contributed by atoms with E-state index in [0.29, 0.717) is 36.9 Å². The lowest BCUT2D eigenvalue weighted by atomic mass is 10.0. The first-order chi connectivity index (χ1) is 11.6. The molecule has 0 unspecified atom stereocenters. The molecule has 2 rings (SSSR count). The highest BCUT2D eigenvalue weighted by Crippen LogP contribution is 2.14. The summed E-state index contributed by atoms with van der Waals surface area (Å²) in [7, 11) is 1.59. The summed E-state index contributed by atoms with van der Waals surface area (Å²) in [5.74, 6) is -0.157. The van der Waals surface area contributed by atoms with E-state index in [1.165, 1.54) is 0 Å². The number of hydrogen-bond acceptors (Lipinski definition) is 4. The normalized spacial score (nSPS) is 15.3. The van der Waals surface area contributed by atoms with Crippen molar-refractivity contribution in [3.63, 3.8) is 0 Å². The topological polar surface area (TPSA) is 67.9 Å². The zero-order valence-corrected chi connectivity index (χ0v) is 14.6. The van der Waals surface area contributed by atoms with Gasteiger partial charge in [-0.05, 0) is 31.0 Å². The van der Waals surface area contributed by atoms with Crippen molar-refractivity contribution in [1.29, 1.82) is 0 Å². The van der Waals surface area contributed by atoms with Gasteiger partial charge in [-0.25, -0.2) is 0 Å². The minimum absolute atomic E-state index is 0.0225. The highest BCUT2D eigenvalue weighted by atomic mass is 35.5. The van der Waals surface area contributed by atoms with Crippen LogP contribution in [0.2, 0.25) is 5.02 Å². The average Bonchev–Trinajstić information content (AvgIpc) is 2.59. The Balaban J connectivity index is 1.72. The highest BCUT2D eigenvalue weighted by molar-refractivity contribution is 6.30. The van der Waals surface area contributed by atoms with Crippen molar-refractivity contribution in [2.45, 2.75) is 18.9 Å². The lowest BCUT2D eigenvalue weighted by molar-refractivity contribution is -0.137. The number of amides is 2. The molecular weight excluding hydrogens is 332 g/mol. The maximum Gasteiger partial charge on any atom is 0.251 e. The molecule has 1 aliphatic rings. The van der Waals surface area contributed by atoms with Gasteiger partial charge >= 0.3 is 0 Å². The Hall–Kier alpha value is -1.63. The van der Waals surface area contributed by atoms with Gasteiger partial charge in [0.15, 0.2) is 0 Å². The predicted octanol–water partition coefficient (Wildman–Crippen LogP) is 1.72. The number of nitrogens with one attached hydrogen (secondary N) is 1. The van der Waals surface area contributed by atoms with Crippen LogP contribution in [0.5, 0.6) is 0 Å². The second kappa shape index (κ2) is 9.61. The molecule has 1 aliphatic heterocycles. The number of likely N-dealkylation sites (tertiary alicyclic amines) is 1. The second-order valence-corrected chi connectivity index (χ2v) is 6.12. The monoisotopic (exact) mass is 354 g/mol. The van der Waals surface area contributed by atoms with Gasteiger partial charge in [0.25, 0.3) is 5.91 Å². The number of carbonyl (C=O) groups excluding carboxylic acids is 2. The molecule has 1 heterocycles. The fraction of sp³-hybridized carbons (Fsp3) is 0.529. The number of nitrogens with zero attached hydrogens (tertiary/aromatic N) is 1. The standard InChI is InChI=1S/C17H23ClN2O4/c1-23-9-10-24-12-16(21)20-7-5-15(6-8-20)19-17(22)13-3-2-4-14(18)11-13/h2-4,11,15H,5-10,12H2,1H3,(H,19,22). The molecule has 0 radical (unpaired) electrons. The van der Waals surface area contributed by atoms with Crippen molar-refractivity contribution < 1.29 is 19.1 Å². The van der Waals surface area contributed by atoms with Crippen LogP contribution in [0.3, 0.4) is 0 Å². The Bertz CT molecular complexity index is 559. The number of ether oxygens (including phenoxy) is 2. The molecule has 1 N–H and O–H groups in total. The van der Waals surface area contributed by atoms with Gasteiger partial charge in [-0.15, -0.1) is 0 Å². The third-order valence-corrected chi connectivity index (χ3v) is 4.16. The number of rotatable bonds is 7. The SMILES string of the molecule is COCCOCC(=O)N1CCC(NC(=O)c2cccc(Cl)c2)CC1. The molecule has 1 fully saturated rings. The van der Waals surface area contributed by atoms with Crippen molar-refractivity contribution in [2.24, 2.45) is 0 Å². The van der Waals surface area contributed by atoms with Crippen LogP contribution < -0.4 is 5.32 Å². The van der Waals surface area contributed by atoms with Crippen molar-refractivity contribution in [1.82, 2.24) is 10.2 Å². The Labute approximate surface area is 147 Å². The predicted molar refractivity (Wildman–Crippen MR) is 91.2 cm³/mol. The molecule has 0 aliphatic carbocycles. The Morgan fingerprint density at radius 1 is 1.29 bits per heavy atom. The van der Waals surface area contributed by atoms with Gasteiger partial charge in [0.05, 0.1) is 13.2 Å². The van der Waals surface area contributed by atoms with Gasteiger partial charge in [0.1, 0.15) is 6.61 Å². The number of carbonyl (C=O) groups is 2. The lowest BCUT2D eigenvalue weighted by Crippen LogP contribution is -2.47. The number of piperidine rings is 1. The largest absolute Gasteiger partial charge is 0.382 e. The van der Waals surface area contributed by atoms with Crippen molar-refractivity contribution >= 4 is 23.4 Å². The summed E-state index contributed by atoms with van der Waals surface area (Å²) >= 11 is 5.90. The molecule has 0 aromatic heterocycles. The smallest absolute Gasteiger partial charge is 0.251 e. The molecule has 1 aromatic rings. The molecule has 24 heavy (non-hydrogen) atoms. The molecule has 1 saturated heterocycles. The van der Waals surface area contributed by atoms with Crippen LogP contribution in [-0.4, -0.2) is 62.8 Å². The average molecular weight is 355 g/mol. The Kier molecular flexibility index (Phi) is 7.49. The van der Waals surface area contributed by atoms with Crippen LogP contribution >= 0.6 is 11.6 Å². The van der Waals surface area contributed by atoms with E-state index in [1.807, 2.05) is 0 Å². The highest BCUT2D eigenvalue weighted by Gasteiger charge is 2.24. The summed E-state index contributed by atoms with van der Waals surface area (Å²) in [5.41, 5.74) is 0.549. The maximum atomic E-state index is 12.2. The van der Waals surface area contributed by atoms with Crippen molar-refractivity contribution in [3.05, 3.63) is 34.9 Å². The minimum atomic E-state index is -0.134. The fourth-order valence-electron chi connectivity index (χ4n) is 2.56. The van der Waals surface area contributed by atoms with E-state index < -0.39 is 0 Å². The second-order valence-electron chi connectivity index (χ2n) is 5.68. The zero-order chi connectivity index (χ0) is 17.4. The van der Waals surface area contributed by atoms with Crippen LogP contribution in [0.15, 0.2) is 24.3 Å². The van der Waals surface area contributed by atoms with Crippen LogP contribution in [0.25, 0.3) is 0 Å². The van der Waals surface area contributed by atoms with Crippen molar-refractivity contribution in [3.8, 4) is 0 Å². The fourth-order valence-corrected chi connectivity index (χ4v) is 2.75. The first-order valence-electron chi connectivity index (χ1n) is 8.01. The number of hydrogen-bond donors (Lipinski definition) is 1. The first-order valence-corrected chi connectivity index (χ1v) is 8.39. The summed E-state index contributed by atoms with van der Waals surface area (Å²) in [6.07, 6.45) is 1.46. The van der Waals surface area contributed by atoms with E-state index in [0.717, 1.165) is 12.8 Å². The van der Waals surface area contributed by atoms with E-state index in [4.69, 9.17) is 21.1 Å². The van der Waals surface area contributed by atoms with E-state index in [9.17, 15) is 9.59 Å². The Morgan fingerprint density at radius 3 is 2.71 bits per heavy atom. The van der Waals surface area contributed by atoms with Gasteiger partial charge < -0.3 is 19.7 Å². The van der Waals surface area contributed by atoms with Crippen LogP contribution in [-0.2, 0) is 14.3 Å². The van der Waals surface area contributed by atoms with E-state index in [-0.39, 0.29) is 24.5 Å². The molecule has 1 aromatic carbocycles. The van der Waals surface area contributed by atoms with Gasteiger partial charge in [-0.3, -0.25) is 9.59 Å². The molecule has 132 valence electrons. The van der Waals surface area contributed by atoms with Crippen LogP contribution in [0, 0.1) is 0 Å². The molecular formula is C17H23ClN2O4. The molecule has 7 heteroatoms. The van der Waals surface area contributed by atoms with E-state index in [2.05, 4.69) is 5.32 Å². The third kappa shape index (κ3) is 5.78. The molecule has 0 atom stereocenters. The van der Waals surface area contributed by atoms with E-state index in [1.54, 1.807) is 36.3 Å². The molecule has 2 amide bonds. The summed E-state index contributed by atoms with van der Waals surface area (Å²) in [4.78, 5) is 26.0. The number of halogens is 1.